The second-order valence-electron chi connectivity index (χ2n) is 6.38. The van der Waals surface area contributed by atoms with E-state index >= 15 is 0 Å². The highest BCUT2D eigenvalue weighted by molar-refractivity contribution is 7.92. The van der Waals surface area contributed by atoms with Gasteiger partial charge < -0.3 is 10.1 Å². The van der Waals surface area contributed by atoms with Crippen molar-refractivity contribution in [3.63, 3.8) is 0 Å². The SMILES string of the molecule is C=CCOc1cccc(NC(=O)c2ccccc2N(C)S(=O)(=O)c2ccccc2)c1. The van der Waals surface area contributed by atoms with E-state index in [-0.39, 0.29) is 16.1 Å². The molecule has 1 N–H and O–H groups in total. The Morgan fingerprint density at radius 1 is 1.03 bits per heavy atom. The fourth-order valence-corrected chi connectivity index (χ4v) is 4.07. The number of para-hydroxylation sites is 1. The highest BCUT2D eigenvalue weighted by Crippen LogP contribution is 2.27. The van der Waals surface area contributed by atoms with Gasteiger partial charge in [-0.3, -0.25) is 9.10 Å². The minimum absolute atomic E-state index is 0.148. The smallest absolute Gasteiger partial charge is 0.264 e. The monoisotopic (exact) mass is 422 g/mol. The first-order chi connectivity index (χ1) is 14.4. The van der Waals surface area contributed by atoms with Crippen molar-refractivity contribution >= 4 is 27.3 Å². The van der Waals surface area contributed by atoms with Gasteiger partial charge in [-0.15, -0.1) is 0 Å². The van der Waals surface area contributed by atoms with E-state index in [2.05, 4.69) is 11.9 Å². The van der Waals surface area contributed by atoms with E-state index in [0.29, 0.717) is 18.0 Å². The van der Waals surface area contributed by atoms with Crippen molar-refractivity contribution in [1.29, 1.82) is 0 Å². The Hall–Kier alpha value is -3.58. The first-order valence-corrected chi connectivity index (χ1v) is 10.7. The van der Waals surface area contributed by atoms with E-state index < -0.39 is 15.9 Å². The third-order valence-electron chi connectivity index (χ3n) is 4.35. The standard InChI is InChI=1S/C23H22N2O4S/c1-3-16-29-19-11-9-10-18(17-19)24-23(26)21-14-7-8-15-22(21)25(2)30(27,28)20-12-5-4-6-13-20/h3-15,17H,1,16H2,2H3,(H,24,26). The number of benzene rings is 3. The van der Waals surface area contributed by atoms with Crippen LogP contribution in [-0.4, -0.2) is 28.0 Å². The molecular weight excluding hydrogens is 400 g/mol. The number of ether oxygens (including phenoxy) is 1. The molecule has 154 valence electrons. The van der Waals surface area contributed by atoms with Crippen LogP contribution in [0.3, 0.4) is 0 Å². The maximum atomic E-state index is 13.0. The predicted octanol–water partition coefficient (Wildman–Crippen LogP) is 4.33. The van der Waals surface area contributed by atoms with E-state index in [4.69, 9.17) is 4.74 Å². The molecule has 0 aromatic heterocycles. The summed E-state index contributed by atoms with van der Waals surface area (Å²) in [6.07, 6.45) is 1.63. The largest absolute Gasteiger partial charge is 0.489 e. The zero-order valence-corrected chi connectivity index (χ0v) is 17.3. The second kappa shape index (κ2) is 9.28. The average molecular weight is 423 g/mol. The van der Waals surface area contributed by atoms with Gasteiger partial charge in [-0.1, -0.05) is 49.1 Å². The molecule has 0 atom stereocenters. The summed E-state index contributed by atoms with van der Waals surface area (Å²) < 4.78 is 32.6. The molecule has 6 nitrogen and oxygen atoms in total. The number of carbonyl (C=O) groups excluding carboxylic acids is 1. The van der Waals surface area contributed by atoms with Gasteiger partial charge in [0.05, 0.1) is 16.1 Å². The van der Waals surface area contributed by atoms with Crippen LogP contribution < -0.4 is 14.4 Å². The van der Waals surface area contributed by atoms with E-state index in [1.54, 1.807) is 72.8 Å². The molecule has 0 saturated carbocycles. The Labute approximate surface area is 176 Å². The van der Waals surface area contributed by atoms with Crippen molar-refractivity contribution in [1.82, 2.24) is 0 Å². The van der Waals surface area contributed by atoms with Crippen molar-refractivity contribution in [3.8, 4) is 5.75 Å². The van der Waals surface area contributed by atoms with E-state index in [1.807, 2.05) is 0 Å². The number of carbonyl (C=O) groups is 1. The number of nitrogens with one attached hydrogen (secondary N) is 1. The molecule has 0 aliphatic carbocycles. The molecule has 3 aromatic rings. The summed E-state index contributed by atoms with van der Waals surface area (Å²) in [7, 11) is -2.39. The van der Waals surface area contributed by atoms with Crippen LogP contribution in [0.15, 0.2) is 96.4 Å². The van der Waals surface area contributed by atoms with Crippen molar-refractivity contribution in [2.45, 2.75) is 4.90 Å². The van der Waals surface area contributed by atoms with Gasteiger partial charge in [-0.25, -0.2) is 8.42 Å². The maximum absolute atomic E-state index is 13.0. The Bertz CT molecular complexity index is 1140. The van der Waals surface area contributed by atoms with Gasteiger partial charge in [-0.05, 0) is 36.4 Å². The Morgan fingerprint density at radius 3 is 2.47 bits per heavy atom. The second-order valence-corrected chi connectivity index (χ2v) is 8.35. The molecule has 3 rings (SSSR count). The van der Waals surface area contributed by atoms with Crippen molar-refractivity contribution in [3.05, 3.63) is 97.1 Å². The molecule has 0 unspecified atom stereocenters. The molecule has 0 heterocycles. The highest BCUT2D eigenvalue weighted by Gasteiger charge is 2.24. The molecule has 30 heavy (non-hydrogen) atoms. The third-order valence-corrected chi connectivity index (χ3v) is 6.13. The zero-order chi connectivity index (χ0) is 21.6. The molecule has 0 spiro atoms. The fraction of sp³-hybridized carbons (Fsp3) is 0.0870. The lowest BCUT2D eigenvalue weighted by atomic mass is 10.1. The van der Waals surface area contributed by atoms with Gasteiger partial charge in [0.1, 0.15) is 12.4 Å². The van der Waals surface area contributed by atoms with E-state index in [9.17, 15) is 13.2 Å². The number of hydrogen-bond acceptors (Lipinski definition) is 4. The minimum Gasteiger partial charge on any atom is -0.489 e. The normalized spacial score (nSPS) is 10.8. The number of sulfonamides is 1. The quantitative estimate of drug-likeness (QED) is 0.548. The van der Waals surface area contributed by atoms with Gasteiger partial charge in [0.15, 0.2) is 0 Å². The van der Waals surface area contributed by atoms with Crippen LogP contribution in [-0.2, 0) is 10.0 Å². The van der Waals surface area contributed by atoms with Crippen LogP contribution in [0, 0.1) is 0 Å². The summed E-state index contributed by atoms with van der Waals surface area (Å²) in [5, 5.41) is 2.80. The molecule has 0 fully saturated rings. The Morgan fingerprint density at radius 2 is 1.73 bits per heavy atom. The average Bonchev–Trinajstić information content (AvgIpc) is 2.78. The summed E-state index contributed by atoms with van der Waals surface area (Å²) in [6, 6.07) is 21.6. The van der Waals surface area contributed by atoms with Crippen LogP contribution in [0.1, 0.15) is 10.4 Å². The van der Waals surface area contributed by atoms with Gasteiger partial charge in [0, 0.05) is 18.8 Å². The van der Waals surface area contributed by atoms with Crippen molar-refractivity contribution in [2.75, 3.05) is 23.3 Å². The van der Waals surface area contributed by atoms with Crippen LogP contribution in [0.5, 0.6) is 5.75 Å². The number of hydrogen-bond donors (Lipinski definition) is 1. The lowest BCUT2D eigenvalue weighted by molar-refractivity contribution is 0.102. The Balaban J connectivity index is 1.88. The maximum Gasteiger partial charge on any atom is 0.264 e. The van der Waals surface area contributed by atoms with E-state index in [1.165, 1.54) is 19.2 Å². The van der Waals surface area contributed by atoms with Gasteiger partial charge in [0.25, 0.3) is 15.9 Å². The summed E-state index contributed by atoms with van der Waals surface area (Å²) in [4.78, 5) is 13.1. The topological polar surface area (TPSA) is 75.7 Å². The fourth-order valence-electron chi connectivity index (χ4n) is 2.84. The van der Waals surface area contributed by atoms with Crippen LogP contribution in [0.2, 0.25) is 0 Å². The number of anilines is 2. The minimum atomic E-state index is -3.81. The van der Waals surface area contributed by atoms with Crippen LogP contribution >= 0.6 is 0 Å². The zero-order valence-electron chi connectivity index (χ0n) is 16.5. The molecule has 0 radical (unpaired) electrons. The van der Waals surface area contributed by atoms with Gasteiger partial charge in [0.2, 0.25) is 0 Å². The summed E-state index contributed by atoms with van der Waals surface area (Å²) in [5.74, 6) is 0.159. The Kier molecular flexibility index (Phi) is 6.54. The predicted molar refractivity (Wildman–Crippen MR) is 119 cm³/mol. The van der Waals surface area contributed by atoms with Crippen molar-refractivity contribution < 1.29 is 17.9 Å². The van der Waals surface area contributed by atoms with Crippen molar-refractivity contribution in [2.24, 2.45) is 0 Å². The summed E-state index contributed by atoms with van der Waals surface area (Å²) >= 11 is 0. The molecule has 0 aliphatic heterocycles. The molecule has 0 bridgehead atoms. The third kappa shape index (κ3) is 4.69. The molecule has 0 saturated heterocycles. The lowest BCUT2D eigenvalue weighted by Crippen LogP contribution is -2.29. The number of rotatable bonds is 8. The number of amides is 1. The van der Waals surface area contributed by atoms with Crippen LogP contribution in [0.4, 0.5) is 11.4 Å². The molecule has 1 amide bonds. The van der Waals surface area contributed by atoms with Gasteiger partial charge in [-0.2, -0.15) is 0 Å². The first kappa shape index (κ1) is 21.1. The summed E-state index contributed by atoms with van der Waals surface area (Å²) in [6.45, 7) is 3.96. The molecular formula is C23H22N2O4S. The summed E-state index contributed by atoms with van der Waals surface area (Å²) in [5.41, 5.74) is 1.04. The molecule has 3 aromatic carbocycles. The molecule has 7 heteroatoms. The first-order valence-electron chi connectivity index (χ1n) is 9.21. The molecule has 0 aliphatic rings. The highest BCUT2D eigenvalue weighted by atomic mass is 32.2. The van der Waals surface area contributed by atoms with Gasteiger partial charge >= 0.3 is 0 Å². The van der Waals surface area contributed by atoms with Crippen LogP contribution in [0.25, 0.3) is 0 Å². The lowest BCUT2D eigenvalue weighted by Gasteiger charge is -2.22. The number of nitrogens with zero attached hydrogens (tertiary/aromatic N) is 1. The van der Waals surface area contributed by atoms with E-state index in [0.717, 1.165) is 4.31 Å².